The second-order valence-corrected chi connectivity index (χ2v) is 7.54. The highest BCUT2D eigenvalue weighted by molar-refractivity contribution is 5.53. The van der Waals surface area contributed by atoms with Crippen molar-refractivity contribution in [3.63, 3.8) is 0 Å². The van der Waals surface area contributed by atoms with E-state index in [0.29, 0.717) is 37.8 Å². The van der Waals surface area contributed by atoms with E-state index in [1.54, 1.807) is 28.4 Å². The van der Waals surface area contributed by atoms with Gasteiger partial charge in [0, 0.05) is 31.4 Å². The fraction of sp³-hybridized carbons (Fsp3) is 0.520. The molecule has 0 amide bonds. The minimum Gasteiger partial charge on any atom is -0.493 e. The van der Waals surface area contributed by atoms with Crippen molar-refractivity contribution in [2.75, 3.05) is 48.2 Å². The lowest BCUT2D eigenvalue weighted by Gasteiger charge is -2.39. The lowest BCUT2D eigenvalue weighted by Crippen LogP contribution is -2.41. The molecule has 176 valence electrons. The standard InChI is InChI=1S/C25H35NO6/c1-7-31-24(32-8-2)16-26-15-19-17(9-12-22(28-4)25(19)30-6)13-20(26)18-10-11-21(27-3)23(14-18)29-5/h9-12,14,20,24H,7-8,13,15-16H2,1-6H3/t20-/m1/s1. The first-order valence-corrected chi connectivity index (χ1v) is 11.0. The number of nitrogens with zero attached hydrogens (tertiary/aromatic N) is 1. The third-order valence-electron chi connectivity index (χ3n) is 5.84. The molecule has 0 saturated heterocycles. The second-order valence-electron chi connectivity index (χ2n) is 7.54. The summed E-state index contributed by atoms with van der Waals surface area (Å²) in [6.45, 7) is 6.46. The van der Waals surface area contributed by atoms with E-state index in [4.69, 9.17) is 28.4 Å². The summed E-state index contributed by atoms with van der Waals surface area (Å²) in [7, 11) is 6.66. The lowest BCUT2D eigenvalue weighted by atomic mass is 9.89. The molecule has 0 N–H and O–H groups in total. The number of hydrogen-bond donors (Lipinski definition) is 0. The largest absolute Gasteiger partial charge is 0.493 e. The highest BCUT2D eigenvalue weighted by atomic mass is 16.7. The van der Waals surface area contributed by atoms with Crippen LogP contribution in [0.3, 0.4) is 0 Å². The van der Waals surface area contributed by atoms with Gasteiger partial charge in [-0.3, -0.25) is 4.90 Å². The predicted octanol–water partition coefficient (Wildman–Crippen LogP) is 4.22. The normalized spacial score (nSPS) is 16.0. The number of ether oxygens (including phenoxy) is 6. The van der Waals surface area contributed by atoms with E-state index in [9.17, 15) is 0 Å². The number of methoxy groups -OCH3 is 4. The number of benzene rings is 2. The Bertz CT molecular complexity index is 881. The summed E-state index contributed by atoms with van der Waals surface area (Å²) in [6.07, 6.45) is 0.502. The van der Waals surface area contributed by atoms with Gasteiger partial charge >= 0.3 is 0 Å². The van der Waals surface area contributed by atoms with Crippen LogP contribution in [-0.2, 0) is 22.4 Å². The zero-order valence-electron chi connectivity index (χ0n) is 20.0. The predicted molar refractivity (Wildman–Crippen MR) is 123 cm³/mol. The van der Waals surface area contributed by atoms with Crippen LogP contribution < -0.4 is 18.9 Å². The van der Waals surface area contributed by atoms with Gasteiger partial charge in [-0.1, -0.05) is 12.1 Å². The van der Waals surface area contributed by atoms with Crippen LogP contribution in [0, 0.1) is 0 Å². The molecule has 0 unspecified atom stereocenters. The first-order valence-electron chi connectivity index (χ1n) is 11.0. The summed E-state index contributed by atoms with van der Waals surface area (Å²) in [5.41, 5.74) is 3.52. The molecular weight excluding hydrogens is 410 g/mol. The summed E-state index contributed by atoms with van der Waals surface area (Å²) < 4.78 is 34.0. The third kappa shape index (κ3) is 5.11. The molecule has 0 aliphatic carbocycles. The molecule has 7 heteroatoms. The van der Waals surface area contributed by atoms with Crippen molar-refractivity contribution in [3.8, 4) is 23.0 Å². The van der Waals surface area contributed by atoms with Crippen LogP contribution in [0.1, 0.15) is 36.6 Å². The summed E-state index contributed by atoms with van der Waals surface area (Å²) in [6, 6.07) is 10.3. The molecule has 3 rings (SSSR count). The summed E-state index contributed by atoms with van der Waals surface area (Å²) in [5.74, 6) is 2.95. The Labute approximate surface area is 191 Å². The molecular formula is C25H35NO6. The number of hydrogen-bond acceptors (Lipinski definition) is 7. The van der Waals surface area contributed by atoms with E-state index in [1.165, 1.54) is 5.56 Å². The molecule has 1 atom stereocenters. The number of fused-ring (bicyclic) bond motifs is 1. The molecule has 0 bridgehead atoms. The number of rotatable bonds is 11. The van der Waals surface area contributed by atoms with Crippen molar-refractivity contribution in [3.05, 3.63) is 47.0 Å². The average molecular weight is 446 g/mol. The first kappa shape index (κ1) is 24.2. The van der Waals surface area contributed by atoms with Gasteiger partial charge in [0.25, 0.3) is 0 Å². The topological polar surface area (TPSA) is 58.6 Å². The van der Waals surface area contributed by atoms with Crippen molar-refractivity contribution in [1.29, 1.82) is 0 Å². The maximum atomic E-state index is 5.88. The Hall–Kier alpha value is -2.48. The minimum atomic E-state index is -0.314. The molecule has 0 fully saturated rings. The summed E-state index contributed by atoms with van der Waals surface area (Å²) >= 11 is 0. The molecule has 0 spiro atoms. The molecule has 2 aromatic carbocycles. The van der Waals surface area contributed by atoms with E-state index in [2.05, 4.69) is 23.1 Å². The molecule has 0 saturated carbocycles. The SMILES string of the molecule is CCOC(CN1Cc2c(ccc(OC)c2OC)C[C@@H]1c1ccc(OC)c(OC)c1)OCC. The Balaban J connectivity index is 2.03. The van der Waals surface area contributed by atoms with Gasteiger partial charge < -0.3 is 28.4 Å². The Morgan fingerprint density at radius 2 is 1.50 bits per heavy atom. The molecule has 2 aromatic rings. The van der Waals surface area contributed by atoms with E-state index in [1.807, 2.05) is 26.0 Å². The van der Waals surface area contributed by atoms with Gasteiger partial charge in [0.15, 0.2) is 29.3 Å². The van der Waals surface area contributed by atoms with Crippen LogP contribution in [0.5, 0.6) is 23.0 Å². The van der Waals surface area contributed by atoms with E-state index in [-0.39, 0.29) is 12.3 Å². The fourth-order valence-electron chi connectivity index (χ4n) is 4.34. The van der Waals surface area contributed by atoms with Gasteiger partial charge in [-0.25, -0.2) is 0 Å². The van der Waals surface area contributed by atoms with Crippen LogP contribution in [0.4, 0.5) is 0 Å². The average Bonchev–Trinajstić information content (AvgIpc) is 2.82. The molecule has 0 radical (unpaired) electrons. The Morgan fingerprint density at radius 1 is 0.844 bits per heavy atom. The lowest BCUT2D eigenvalue weighted by molar-refractivity contribution is -0.152. The molecule has 1 aliphatic rings. The molecule has 0 aromatic heterocycles. The van der Waals surface area contributed by atoms with Gasteiger partial charge in [0.05, 0.1) is 35.0 Å². The summed E-state index contributed by atoms with van der Waals surface area (Å²) in [4.78, 5) is 2.38. The zero-order chi connectivity index (χ0) is 23.1. The monoisotopic (exact) mass is 445 g/mol. The molecule has 7 nitrogen and oxygen atoms in total. The second kappa shape index (κ2) is 11.4. The van der Waals surface area contributed by atoms with Crippen molar-refractivity contribution in [1.82, 2.24) is 4.90 Å². The Kier molecular flexibility index (Phi) is 8.61. The van der Waals surface area contributed by atoms with Gasteiger partial charge in [-0.15, -0.1) is 0 Å². The van der Waals surface area contributed by atoms with E-state index >= 15 is 0 Å². The fourth-order valence-corrected chi connectivity index (χ4v) is 4.34. The van der Waals surface area contributed by atoms with Gasteiger partial charge in [0.2, 0.25) is 0 Å². The third-order valence-corrected chi connectivity index (χ3v) is 5.84. The van der Waals surface area contributed by atoms with Crippen molar-refractivity contribution in [2.45, 2.75) is 39.1 Å². The molecule has 32 heavy (non-hydrogen) atoms. The van der Waals surface area contributed by atoms with Crippen molar-refractivity contribution < 1.29 is 28.4 Å². The Morgan fingerprint density at radius 3 is 2.09 bits per heavy atom. The summed E-state index contributed by atoms with van der Waals surface area (Å²) in [5, 5.41) is 0. The van der Waals surface area contributed by atoms with Crippen LogP contribution in [0.15, 0.2) is 30.3 Å². The van der Waals surface area contributed by atoms with Gasteiger partial charge in [-0.2, -0.15) is 0 Å². The van der Waals surface area contributed by atoms with Crippen LogP contribution in [-0.4, -0.2) is 59.4 Å². The maximum Gasteiger partial charge on any atom is 0.170 e. The highest BCUT2D eigenvalue weighted by Gasteiger charge is 2.33. The van der Waals surface area contributed by atoms with E-state index in [0.717, 1.165) is 29.0 Å². The first-order chi connectivity index (χ1) is 15.6. The van der Waals surface area contributed by atoms with Crippen molar-refractivity contribution >= 4 is 0 Å². The van der Waals surface area contributed by atoms with E-state index < -0.39 is 0 Å². The smallest absolute Gasteiger partial charge is 0.170 e. The minimum absolute atomic E-state index is 0.115. The highest BCUT2D eigenvalue weighted by Crippen LogP contribution is 2.43. The molecule has 1 heterocycles. The van der Waals surface area contributed by atoms with Crippen LogP contribution in [0.2, 0.25) is 0 Å². The molecule has 1 aliphatic heterocycles. The van der Waals surface area contributed by atoms with Gasteiger partial charge in [-0.05, 0) is 49.6 Å². The quantitative estimate of drug-likeness (QED) is 0.480. The zero-order valence-corrected chi connectivity index (χ0v) is 20.0. The van der Waals surface area contributed by atoms with Crippen LogP contribution >= 0.6 is 0 Å². The van der Waals surface area contributed by atoms with Crippen LogP contribution in [0.25, 0.3) is 0 Å². The van der Waals surface area contributed by atoms with Gasteiger partial charge in [0.1, 0.15) is 0 Å². The van der Waals surface area contributed by atoms with Crippen molar-refractivity contribution in [2.24, 2.45) is 0 Å². The maximum absolute atomic E-state index is 5.88.